The lowest BCUT2D eigenvalue weighted by Gasteiger charge is -2.23. The van der Waals surface area contributed by atoms with Gasteiger partial charge in [-0.2, -0.15) is 10.2 Å². The first-order valence-electron chi connectivity index (χ1n) is 7.94. The zero-order valence-corrected chi connectivity index (χ0v) is 16.0. The number of aromatic nitrogens is 2. The van der Waals surface area contributed by atoms with Crippen molar-refractivity contribution >= 4 is 33.5 Å². The van der Waals surface area contributed by atoms with Gasteiger partial charge in [0.25, 0.3) is 0 Å². The summed E-state index contributed by atoms with van der Waals surface area (Å²) in [5, 5.41) is 16.1. The molecule has 2 aromatic rings. The number of benzene rings is 1. The maximum Gasteiger partial charge on any atom is 0.238 e. The third kappa shape index (κ3) is 4.40. The molecule has 1 aliphatic rings. The Kier molecular flexibility index (Phi) is 5.74. The molecule has 1 aromatic heterocycles. The molecule has 2 heterocycles. The maximum absolute atomic E-state index is 9.01. The molecule has 0 unspecified atom stereocenters. The number of halogens is 2. The van der Waals surface area contributed by atoms with Gasteiger partial charge in [-0.3, -0.25) is 0 Å². The normalized spacial score (nSPS) is 14.8. The van der Waals surface area contributed by atoms with Crippen LogP contribution in [0.1, 0.15) is 24.0 Å². The van der Waals surface area contributed by atoms with Gasteiger partial charge in [-0.25, -0.2) is 4.98 Å². The Hall–Kier alpha value is -1.88. The standard InChI is InChI=1S/C17H17BrClN5O/c1-10-6-11(8-20)7-14(19)15(10)25-16-13(18)9-22-17(24-16)23-12-2-4-21-5-3-12/h6-7,9,12,21H,2-5H2,1H3,(H,22,23,24). The first kappa shape index (κ1) is 17.9. The van der Waals surface area contributed by atoms with Crippen molar-refractivity contribution in [3.63, 3.8) is 0 Å². The van der Waals surface area contributed by atoms with Crippen LogP contribution in [0.4, 0.5) is 5.95 Å². The summed E-state index contributed by atoms with van der Waals surface area (Å²) in [7, 11) is 0. The Morgan fingerprint density at radius 3 is 2.84 bits per heavy atom. The minimum absolute atomic E-state index is 0.343. The van der Waals surface area contributed by atoms with E-state index in [-0.39, 0.29) is 0 Å². The van der Waals surface area contributed by atoms with Crippen LogP contribution in [0.15, 0.2) is 22.8 Å². The van der Waals surface area contributed by atoms with Gasteiger partial charge in [-0.15, -0.1) is 0 Å². The van der Waals surface area contributed by atoms with Crippen LogP contribution in [-0.2, 0) is 0 Å². The minimum atomic E-state index is 0.343. The Morgan fingerprint density at radius 2 is 2.16 bits per heavy atom. The molecule has 0 saturated carbocycles. The lowest BCUT2D eigenvalue weighted by atomic mass is 10.1. The fraction of sp³-hybridized carbons (Fsp3) is 0.353. The van der Waals surface area contributed by atoms with Crippen LogP contribution in [0.25, 0.3) is 0 Å². The third-order valence-corrected chi connectivity index (χ3v) is 4.77. The first-order chi connectivity index (χ1) is 12.1. The van der Waals surface area contributed by atoms with Crippen molar-refractivity contribution in [2.45, 2.75) is 25.8 Å². The van der Waals surface area contributed by atoms with Gasteiger partial charge < -0.3 is 15.4 Å². The Morgan fingerprint density at radius 1 is 1.40 bits per heavy atom. The second-order valence-electron chi connectivity index (χ2n) is 5.83. The number of hydrogen-bond donors (Lipinski definition) is 2. The summed E-state index contributed by atoms with van der Waals surface area (Å²) in [5.41, 5.74) is 1.26. The van der Waals surface area contributed by atoms with Crippen molar-refractivity contribution in [3.8, 4) is 17.7 Å². The molecule has 0 radical (unpaired) electrons. The zero-order valence-electron chi connectivity index (χ0n) is 13.6. The molecule has 0 atom stereocenters. The molecule has 1 fully saturated rings. The van der Waals surface area contributed by atoms with Crippen molar-refractivity contribution in [1.29, 1.82) is 5.26 Å². The number of rotatable bonds is 4. The van der Waals surface area contributed by atoms with Crippen LogP contribution in [0.3, 0.4) is 0 Å². The van der Waals surface area contributed by atoms with E-state index < -0.39 is 0 Å². The molecule has 0 spiro atoms. The van der Waals surface area contributed by atoms with E-state index in [1.807, 2.05) is 6.92 Å². The summed E-state index contributed by atoms with van der Waals surface area (Å²) in [6.45, 7) is 3.81. The highest BCUT2D eigenvalue weighted by Gasteiger charge is 2.17. The summed E-state index contributed by atoms with van der Waals surface area (Å²) in [6.07, 6.45) is 3.70. The molecular formula is C17H17BrClN5O. The second-order valence-corrected chi connectivity index (χ2v) is 7.09. The lowest BCUT2D eigenvalue weighted by molar-refractivity contribution is 0.452. The molecule has 1 aromatic carbocycles. The third-order valence-electron chi connectivity index (χ3n) is 3.94. The van der Waals surface area contributed by atoms with E-state index in [2.05, 4.69) is 42.6 Å². The number of hydrogen-bond acceptors (Lipinski definition) is 6. The van der Waals surface area contributed by atoms with Crippen molar-refractivity contribution < 1.29 is 4.74 Å². The molecule has 0 aliphatic carbocycles. The topological polar surface area (TPSA) is 82.9 Å². The van der Waals surface area contributed by atoms with Crippen LogP contribution in [0, 0.1) is 18.3 Å². The largest absolute Gasteiger partial charge is 0.436 e. The highest BCUT2D eigenvalue weighted by Crippen LogP contribution is 2.36. The van der Waals surface area contributed by atoms with Crippen molar-refractivity contribution in [3.05, 3.63) is 39.0 Å². The van der Waals surface area contributed by atoms with E-state index in [1.54, 1.807) is 18.3 Å². The average Bonchev–Trinajstić information content (AvgIpc) is 2.61. The Balaban J connectivity index is 1.83. The van der Waals surface area contributed by atoms with Crippen LogP contribution >= 0.6 is 27.5 Å². The quantitative estimate of drug-likeness (QED) is 0.774. The monoisotopic (exact) mass is 421 g/mol. The molecule has 1 saturated heterocycles. The number of aryl methyl sites for hydroxylation is 1. The second kappa shape index (κ2) is 8.00. The highest BCUT2D eigenvalue weighted by atomic mass is 79.9. The number of piperidine rings is 1. The molecule has 8 heteroatoms. The summed E-state index contributed by atoms with van der Waals surface area (Å²) < 4.78 is 6.54. The van der Waals surface area contributed by atoms with Crippen LogP contribution in [-0.4, -0.2) is 29.1 Å². The van der Waals surface area contributed by atoms with Crippen molar-refractivity contribution in [1.82, 2.24) is 15.3 Å². The van der Waals surface area contributed by atoms with E-state index in [1.165, 1.54) is 0 Å². The SMILES string of the molecule is Cc1cc(C#N)cc(Cl)c1Oc1nc(NC2CCNCC2)ncc1Br. The Labute approximate surface area is 159 Å². The molecular weight excluding hydrogens is 406 g/mol. The number of nitrogens with zero attached hydrogens (tertiary/aromatic N) is 3. The van der Waals surface area contributed by atoms with Gasteiger partial charge in [0.2, 0.25) is 11.8 Å². The van der Waals surface area contributed by atoms with Crippen LogP contribution in [0.5, 0.6) is 11.6 Å². The lowest BCUT2D eigenvalue weighted by Crippen LogP contribution is -2.35. The number of nitrogens with one attached hydrogen (secondary N) is 2. The predicted molar refractivity (Wildman–Crippen MR) is 100 cm³/mol. The first-order valence-corrected chi connectivity index (χ1v) is 9.12. The summed E-state index contributed by atoms with van der Waals surface area (Å²) in [6, 6.07) is 5.72. The summed E-state index contributed by atoms with van der Waals surface area (Å²) >= 11 is 9.66. The van der Waals surface area contributed by atoms with Gasteiger partial charge in [0.1, 0.15) is 0 Å². The molecule has 130 valence electrons. The van der Waals surface area contributed by atoms with Crippen molar-refractivity contribution in [2.75, 3.05) is 18.4 Å². The molecule has 25 heavy (non-hydrogen) atoms. The van der Waals surface area contributed by atoms with E-state index in [0.29, 0.717) is 38.7 Å². The highest BCUT2D eigenvalue weighted by molar-refractivity contribution is 9.10. The van der Waals surface area contributed by atoms with Crippen LogP contribution < -0.4 is 15.4 Å². The fourth-order valence-corrected chi connectivity index (χ4v) is 3.24. The molecule has 3 rings (SSSR count). The Bertz CT molecular complexity index is 794. The maximum atomic E-state index is 9.01. The van der Waals surface area contributed by atoms with Gasteiger partial charge in [-0.1, -0.05) is 11.6 Å². The fourth-order valence-electron chi connectivity index (χ4n) is 2.66. The molecule has 1 aliphatic heterocycles. The average molecular weight is 423 g/mol. The smallest absolute Gasteiger partial charge is 0.238 e. The number of nitriles is 1. The van der Waals surface area contributed by atoms with Crippen molar-refractivity contribution in [2.24, 2.45) is 0 Å². The number of anilines is 1. The van der Waals surface area contributed by atoms with Crippen LogP contribution in [0.2, 0.25) is 5.02 Å². The molecule has 0 bridgehead atoms. The van der Waals surface area contributed by atoms with Gasteiger partial charge in [0, 0.05) is 6.04 Å². The van der Waals surface area contributed by atoms with Gasteiger partial charge >= 0.3 is 0 Å². The van der Waals surface area contributed by atoms with E-state index in [0.717, 1.165) is 31.5 Å². The molecule has 0 amide bonds. The molecule has 2 N–H and O–H groups in total. The zero-order chi connectivity index (χ0) is 17.8. The summed E-state index contributed by atoms with van der Waals surface area (Å²) in [5.74, 6) is 1.38. The van der Waals surface area contributed by atoms with Gasteiger partial charge in [0.15, 0.2) is 5.75 Å². The number of ether oxygens (including phenoxy) is 1. The minimum Gasteiger partial charge on any atom is -0.436 e. The summed E-state index contributed by atoms with van der Waals surface area (Å²) in [4.78, 5) is 8.75. The van der Waals surface area contributed by atoms with Gasteiger partial charge in [0.05, 0.1) is 27.3 Å². The van der Waals surface area contributed by atoms with E-state index >= 15 is 0 Å². The predicted octanol–water partition coefficient (Wildman–Crippen LogP) is 4.03. The van der Waals surface area contributed by atoms with E-state index in [4.69, 9.17) is 21.6 Å². The molecule has 6 nitrogen and oxygen atoms in total. The van der Waals surface area contributed by atoms with Gasteiger partial charge in [-0.05, 0) is 66.5 Å². The van der Waals surface area contributed by atoms with E-state index in [9.17, 15) is 0 Å².